The van der Waals surface area contributed by atoms with E-state index < -0.39 is 0 Å². The number of hydrogen-bond donors (Lipinski definition) is 1. The summed E-state index contributed by atoms with van der Waals surface area (Å²) >= 11 is 0. The molecule has 1 rings (SSSR count). The Morgan fingerprint density at radius 2 is 1.64 bits per heavy atom. The topological polar surface area (TPSA) is 49.4 Å². The van der Waals surface area contributed by atoms with Crippen molar-refractivity contribution >= 4 is 11.8 Å². The summed E-state index contributed by atoms with van der Waals surface area (Å²) in [6, 6.07) is 7.37. The zero-order chi connectivity index (χ0) is 16.4. The first kappa shape index (κ1) is 18.2. The van der Waals surface area contributed by atoms with E-state index in [0.29, 0.717) is 18.5 Å². The minimum atomic E-state index is -0.0114. The molecule has 2 amide bonds. The molecule has 0 saturated carbocycles. The smallest absolute Gasteiger partial charge is 0.253 e. The molecule has 1 aromatic rings. The minimum Gasteiger partial charge on any atom is -0.352 e. The molecular weight excluding hydrogens is 276 g/mol. The maximum absolute atomic E-state index is 11.8. The second-order valence-corrected chi connectivity index (χ2v) is 5.84. The molecule has 1 aromatic carbocycles. The number of carbonyl (C=O) groups is 2. The highest BCUT2D eigenvalue weighted by molar-refractivity contribution is 5.93. The van der Waals surface area contributed by atoms with Crippen LogP contribution in [0.25, 0.3) is 0 Å². The van der Waals surface area contributed by atoms with E-state index in [4.69, 9.17) is 0 Å². The van der Waals surface area contributed by atoms with Crippen LogP contribution in [0.15, 0.2) is 24.3 Å². The van der Waals surface area contributed by atoms with Crippen LogP contribution in [0.3, 0.4) is 0 Å². The van der Waals surface area contributed by atoms with Crippen LogP contribution < -0.4 is 5.32 Å². The van der Waals surface area contributed by atoms with Crippen LogP contribution in [0.2, 0.25) is 0 Å². The number of carbonyl (C=O) groups excluding carboxylic acids is 2. The summed E-state index contributed by atoms with van der Waals surface area (Å²) in [6.45, 7) is 2.70. The van der Waals surface area contributed by atoms with Gasteiger partial charge in [0.15, 0.2) is 0 Å². The van der Waals surface area contributed by atoms with Crippen molar-refractivity contribution in [2.45, 2.75) is 52.0 Å². The minimum absolute atomic E-state index is 0.0114. The van der Waals surface area contributed by atoms with E-state index in [1.807, 2.05) is 12.1 Å². The van der Waals surface area contributed by atoms with Gasteiger partial charge >= 0.3 is 0 Å². The Kier molecular flexibility index (Phi) is 8.26. The maximum Gasteiger partial charge on any atom is 0.253 e. The van der Waals surface area contributed by atoms with Gasteiger partial charge in [-0.1, -0.05) is 44.7 Å². The molecule has 0 aromatic heterocycles. The molecule has 22 heavy (non-hydrogen) atoms. The lowest BCUT2D eigenvalue weighted by Gasteiger charge is -2.11. The van der Waals surface area contributed by atoms with Crippen LogP contribution in [0, 0.1) is 0 Å². The molecule has 122 valence electrons. The molecule has 4 heteroatoms. The summed E-state index contributed by atoms with van der Waals surface area (Å²) in [7, 11) is 3.47. The molecule has 0 unspecified atom stereocenters. The van der Waals surface area contributed by atoms with Gasteiger partial charge in [-0.05, 0) is 24.1 Å². The lowest BCUT2D eigenvalue weighted by atomic mass is 10.1. The van der Waals surface area contributed by atoms with Gasteiger partial charge in [0, 0.05) is 32.6 Å². The van der Waals surface area contributed by atoms with E-state index >= 15 is 0 Å². The molecule has 1 N–H and O–H groups in total. The Labute approximate surface area is 133 Å². The molecular formula is C18H28N2O2. The monoisotopic (exact) mass is 304 g/mol. The second-order valence-electron chi connectivity index (χ2n) is 5.84. The third kappa shape index (κ3) is 6.74. The Morgan fingerprint density at radius 3 is 2.23 bits per heavy atom. The lowest BCUT2D eigenvalue weighted by molar-refractivity contribution is -0.121. The lowest BCUT2D eigenvalue weighted by Crippen LogP contribution is -2.23. The Bertz CT molecular complexity index is 466. The highest BCUT2D eigenvalue weighted by atomic mass is 16.2. The van der Waals surface area contributed by atoms with E-state index in [1.54, 1.807) is 31.1 Å². The van der Waals surface area contributed by atoms with Gasteiger partial charge in [-0.15, -0.1) is 0 Å². The van der Waals surface area contributed by atoms with E-state index in [2.05, 4.69) is 12.2 Å². The van der Waals surface area contributed by atoms with Crippen molar-refractivity contribution < 1.29 is 9.59 Å². The number of nitrogens with one attached hydrogen (secondary N) is 1. The highest BCUT2D eigenvalue weighted by Crippen LogP contribution is 2.07. The number of rotatable bonds is 9. The molecule has 0 aliphatic carbocycles. The van der Waals surface area contributed by atoms with Crippen molar-refractivity contribution in [1.82, 2.24) is 10.2 Å². The van der Waals surface area contributed by atoms with E-state index in [9.17, 15) is 9.59 Å². The van der Waals surface area contributed by atoms with Crippen LogP contribution in [-0.2, 0) is 11.3 Å². The largest absolute Gasteiger partial charge is 0.352 e. The average molecular weight is 304 g/mol. The van der Waals surface area contributed by atoms with E-state index in [0.717, 1.165) is 18.4 Å². The van der Waals surface area contributed by atoms with Crippen molar-refractivity contribution in [3.8, 4) is 0 Å². The van der Waals surface area contributed by atoms with Gasteiger partial charge in [0.1, 0.15) is 0 Å². The van der Waals surface area contributed by atoms with Crippen LogP contribution in [-0.4, -0.2) is 30.8 Å². The molecule has 0 bridgehead atoms. The highest BCUT2D eigenvalue weighted by Gasteiger charge is 2.07. The zero-order valence-electron chi connectivity index (χ0n) is 14.0. The van der Waals surface area contributed by atoms with Crippen LogP contribution in [0.5, 0.6) is 0 Å². The van der Waals surface area contributed by atoms with Crippen molar-refractivity contribution in [1.29, 1.82) is 0 Å². The number of amides is 2. The summed E-state index contributed by atoms with van der Waals surface area (Å²) in [4.78, 5) is 25.1. The predicted molar refractivity (Wildman–Crippen MR) is 89.7 cm³/mol. The van der Waals surface area contributed by atoms with Crippen molar-refractivity contribution in [2.24, 2.45) is 0 Å². The van der Waals surface area contributed by atoms with Crippen LogP contribution in [0.1, 0.15) is 61.4 Å². The molecule has 0 heterocycles. The van der Waals surface area contributed by atoms with Crippen molar-refractivity contribution in [3.63, 3.8) is 0 Å². The Morgan fingerprint density at radius 1 is 1.00 bits per heavy atom. The van der Waals surface area contributed by atoms with Crippen LogP contribution in [0.4, 0.5) is 0 Å². The molecule has 0 radical (unpaired) electrons. The first-order valence-electron chi connectivity index (χ1n) is 8.12. The predicted octanol–water partition coefficient (Wildman–Crippen LogP) is 3.37. The molecule has 0 spiro atoms. The van der Waals surface area contributed by atoms with Gasteiger partial charge < -0.3 is 10.2 Å². The van der Waals surface area contributed by atoms with E-state index in [1.165, 1.54) is 19.3 Å². The molecule has 4 nitrogen and oxygen atoms in total. The van der Waals surface area contributed by atoms with Gasteiger partial charge in [0.05, 0.1) is 0 Å². The number of nitrogens with zero attached hydrogens (tertiary/aromatic N) is 1. The normalized spacial score (nSPS) is 10.3. The number of unbranched alkanes of at least 4 members (excludes halogenated alkanes) is 4. The third-order valence-electron chi connectivity index (χ3n) is 3.60. The van der Waals surface area contributed by atoms with Crippen molar-refractivity contribution in [3.05, 3.63) is 35.4 Å². The fourth-order valence-corrected chi connectivity index (χ4v) is 2.20. The second kappa shape index (κ2) is 9.98. The summed E-state index contributed by atoms with van der Waals surface area (Å²) in [5.74, 6) is 0.0904. The summed E-state index contributed by atoms with van der Waals surface area (Å²) in [5.41, 5.74) is 1.67. The maximum atomic E-state index is 11.8. The van der Waals surface area contributed by atoms with E-state index in [-0.39, 0.29) is 11.8 Å². The summed E-state index contributed by atoms with van der Waals surface area (Å²) < 4.78 is 0. The molecule has 0 fully saturated rings. The van der Waals surface area contributed by atoms with Gasteiger partial charge in [0.2, 0.25) is 5.91 Å². The quantitative estimate of drug-likeness (QED) is 0.711. The Hall–Kier alpha value is -1.84. The fraction of sp³-hybridized carbons (Fsp3) is 0.556. The van der Waals surface area contributed by atoms with Crippen molar-refractivity contribution in [2.75, 3.05) is 14.1 Å². The average Bonchev–Trinajstić information content (AvgIpc) is 2.52. The number of benzene rings is 1. The first-order chi connectivity index (χ1) is 10.5. The fourth-order valence-electron chi connectivity index (χ4n) is 2.20. The molecule has 0 aliphatic rings. The van der Waals surface area contributed by atoms with Gasteiger partial charge in [-0.2, -0.15) is 0 Å². The van der Waals surface area contributed by atoms with Gasteiger partial charge in [-0.25, -0.2) is 0 Å². The van der Waals surface area contributed by atoms with Gasteiger partial charge in [-0.3, -0.25) is 9.59 Å². The summed E-state index contributed by atoms with van der Waals surface area (Å²) in [6.07, 6.45) is 6.37. The zero-order valence-corrected chi connectivity index (χ0v) is 14.0. The standard InChI is InChI=1S/C18H28N2O2/c1-4-5-6-7-8-9-17(21)19-14-15-10-12-16(13-11-15)18(22)20(2)3/h10-13H,4-9,14H2,1-3H3,(H,19,21). The molecule has 0 aliphatic heterocycles. The molecule has 0 atom stereocenters. The van der Waals surface area contributed by atoms with Crippen LogP contribution >= 0.6 is 0 Å². The first-order valence-corrected chi connectivity index (χ1v) is 8.12. The molecule has 0 saturated heterocycles. The number of hydrogen-bond acceptors (Lipinski definition) is 2. The Balaban J connectivity index is 2.29. The SMILES string of the molecule is CCCCCCCC(=O)NCc1ccc(C(=O)N(C)C)cc1. The van der Waals surface area contributed by atoms with Gasteiger partial charge in [0.25, 0.3) is 5.91 Å². The third-order valence-corrected chi connectivity index (χ3v) is 3.60. The summed E-state index contributed by atoms with van der Waals surface area (Å²) in [5, 5.41) is 2.93.